The number of thiophene rings is 1. The molecule has 0 saturated heterocycles. The number of hydrogen-bond donors (Lipinski definition) is 0. The Morgan fingerprint density at radius 2 is 0.596 bits per heavy atom. The lowest BCUT2D eigenvalue weighted by atomic mass is 9.82. The van der Waals surface area contributed by atoms with Crippen molar-refractivity contribution in [2.24, 2.45) is 0 Å². The molecule has 0 atom stereocenters. The van der Waals surface area contributed by atoms with Gasteiger partial charge in [-0.05, 0) is 138 Å². The number of aromatic nitrogens is 4. The highest BCUT2D eigenvalue weighted by atomic mass is 32.1. The van der Waals surface area contributed by atoms with Crippen molar-refractivity contribution >= 4 is 98.6 Å². The molecule has 2 aliphatic rings. The summed E-state index contributed by atoms with van der Waals surface area (Å²) in [5.41, 5.74) is 27.8. The van der Waals surface area contributed by atoms with Crippen LogP contribution in [0.5, 0.6) is 0 Å². The highest BCUT2D eigenvalue weighted by Crippen LogP contribution is 2.58. The molecule has 0 bridgehead atoms. The van der Waals surface area contributed by atoms with Gasteiger partial charge in [-0.3, -0.25) is 0 Å². The Morgan fingerprint density at radius 3 is 0.989 bits per heavy atom. The second-order valence-electron chi connectivity index (χ2n) is 25.5. The van der Waals surface area contributed by atoms with Crippen LogP contribution < -0.4 is 0 Å². The summed E-state index contributed by atoms with van der Waals surface area (Å²) >= 11 is 1.86. The molecule has 89 heavy (non-hydrogen) atoms. The average Bonchev–Trinajstić information content (AvgIpc) is 1.70. The zero-order valence-electron chi connectivity index (χ0n) is 49.6. The van der Waals surface area contributed by atoms with Crippen LogP contribution in [-0.4, -0.2) is 19.1 Å². The Morgan fingerprint density at radius 1 is 0.270 bits per heavy atom. The van der Waals surface area contributed by atoms with Gasteiger partial charge in [-0.15, -0.1) is 11.3 Å². The molecule has 0 unspecified atom stereocenters. The van der Waals surface area contributed by atoms with E-state index >= 15 is 0 Å². The highest BCUT2D eigenvalue weighted by molar-refractivity contribution is 7.21. The third-order valence-electron chi connectivity index (χ3n) is 20.2. The van der Waals surface area contributed by atoms with Crippen LogP contribution in [0.2, 0.25) is 0 Å². The van der Waals surface area contributed by atoms with Gasteiger partial charge in [0.1, 0.15) is 11.0 Å². The Labute approximate surface area is 518 Å². The number of para-hydroxylation sites is 4. The van der Waals surface area contributed by atoms with Crippen LogP contribution in [-0.2, 0) is 10.8 Å². The van der Waals surface area contributed by atoms with E-state index in [1.54, 1.807) is 0 Å². The first kappa shape index (κ1) is 50.4. The van der Waals surface area contributed by atoms with E-state index in [9.17, 15) is 0 Å². The summed E-state index contributed by atoms with van der Waals surface area (Å²) < 4.78 is 4.78. The third-order valence-corrected chi connectivity index (χ3v) is 21.4. The quantitative estimate of drug-likeness (QED) is 0.156. The molecule has 4 heterocycles. The molecule has 2 aliphatic carbocycles. The average molecular weight is 1150 g/mol. The largest absolute Gasteiger partial charge is 0.309 e. The standard InChI is InChI=1S/C84H56N4S/c1-83(2)67-27-11-5-23-61(67)75-63(25-17-29-69(75)83)81-79-80(82(89-81)64-26-18-30-70-76(64)62-24-6-12-28-68(62)84(70,3)4)86-78-66-48-52(50-37-43-54(44-38-50)88-73-33-15-9-21-59(73)60-22-10-16-34-74(60)88)40-46-56(66)55-45-39-51(47-65(55)77(78)85-79)49-35-41-53(42-36-49)87-71-31-13-7-19-57(71)58-20-8-14-32-72(58)87/h5-48H,1-4H3. The molecule has 4 nitrogen and oxygen atoms in total. The van der Waals surface area contributed by atoms with Gasteiger partial charge < -0.3 is 9.13 Å². The van der Waals surface area contributed by atoms with Crippen molar-refractivity contribution in [1.29, 1.82) is 0 Å². The number of fused-ring (bicyclic) bond motifs is 19. The van der Waals surface area contributed by atoms with Gasteiger partial charge in [0.25, 0.3) is 0 Å². The van der Waals surface area contributed by atoms with Gasteiger partial charge >= 0.3 is 0 Å². The zero-order valence-corrected chi connectivity index (χ0v) is 50.4. The van der Waals surface area contributed by atoms with Crippen molar-refractivity contribution in [3.63, 3.8) is 0 Å². The minimum atomic E-state index is -0.179. The summed E-state index contributed by atoms with van der Waals surface area (Å²) in [6.07, 6.45) is 0. The van der Waals surface area contributed by atoms with Crippen LogP contribution >= 0.6 is 11.3 Å². The van der Waals surface area contributed by atoms with E-state index in [0.717, 1.165) is 87.0 Å². The van der Waals surface area contributed by atoms with Crippen molar-refractivity contribution < 1.29 is 0 Å². The number of benzene rings is 13. The lowest BCUT2D eigenvalue weighted by Crippen LogP contribution is -2.14. The van der Waals surface area contributed by atoms with E-state index < -0.39 is 0 Å². The molecule has 0 saturated carbocycles. The summed E-state index contributed by atoms with van der Waals surface area (Å²) in [6.45, 7) is 9.50. The van der Waals surface area contributed by atoms with Crippen LogP contribution in [0.15, 0.2) is 267 Å². The lowest BCUT2D eigenvalue weighted by molar-refractivity contribution is 0.660. The van der Waals surface area contributed by atoms with E-state index in [0.29, 0.717) is 0 Å². The zero-order chi connectivity index (χ0) is 59.0. The lowest BCUT2D eigenvalue weighted by Gasteiger charge is -2.21. The van der Waals surface area contributed by atoms with Crippen LogP contribution in [0.4, 0.5) is 0 Å². The van der Waals surface area contributed by atoms with Crippen molar-refractivity contribution in [3.8, 4) is 76.8 Å². The molecule has 5 heteroatoms. The van der Waals surface area contributed by atoms with Crippen molar-refractivity contribution in [3.05, 3.63) is 289 Å². The van der Waals surface area contributed by atoms with Gasteiger partial charge in [-0.1, -0.05) is 234 Å². The smallest absolute Gasteiger partial charge is 0.109 e. The van der Waals surface area contributed by atoms with E-state index in [2.05, 4.69) is 304 Å². The Bertz CT molecular complexity index is 5440. The van der Waals surface area contributed by atoms with Gasteiger partial charge in [-0.25, -0.2) is 9.97 Å². The van der Waals surface area contributed by atoms with E-state index in [1.807, 2.05) is 11.3 Å². The van der Waals surface area contributed by atoms with E-state index in [4.69, 9.17) is 9.97 Å². The van der Waals surface area contributed by atoms with E-state index in [1.165, 1.54) is 99.2 Å². The molecule has 17 aromatic rings. The Hall–Kier alpha value is -10.7. The van der Waals surface area contributed by atoms with Crippen LogP contribution in [0.3, 0.4) is 0 Å². The fourth-order valence-corrected chi connectivity index (χ4v) is 17.1. The van der Waals surface area contributed by atoms with Gasteiger partial charge in [-0.2, -0.15) is 0 Å². The second-order valence-corrected chi connectivity index (χ2v) is 26.6. The monoisotopic (exact) mass is 1150 g/mol. The minimum Gasteiger partial charge on any atom is -0.309 e. The molecule has 0 radical (unpaired) electrons. The van der Waals surface area contributed by atoms with Crippen molar-refractivity contribution in [2.75, 3.05) is 0 Å². The predicted octanol–water partition coefficient (Wildman–Crippen LogP) is 22.6. The second kappa shape index (κ2) is 18.4. The molecular weight excluding hydrogens is 1100 g/mol. The summed E-state index contributed by atoms with van der Waals surface area (Å²) in [5.74, 6) is 0. The first-order valence-corrected chi connectivity index (χ1v) is 31.8. The van der Waals surface area contributed by atoms with Gasteiger partial charge in [0.15, 0.2) is 0 Å². The first-order valence-electron chi connectivity index (χ1n) is 31.0. The Balaban J connectivity index is 0.866. The number of hydrogen-bond acceptors (Lipinski definition) is 3. The molecule has 19 rings (SSSR count). The maximum Gasteiger partial charge on any atom is 0.109 e. The van der Waals surface area contributed by atoms with E-state index in [-0.39, 0.29) is 10.8 Å². The maximum atomic E-state index is 6.14. The molecule has 13 aromatic carbocycles. The first-order chi connectivity index (χ1) is 43.7. The van der Waals surface area contributed by atoms with Gasteiger partial charge in [0, 0.05) is 65.6 Å². The molecule has 0 fully saturated rings. The van der Waals surface area contributed by atoms with Crippen LogP contribution in [0.1, 0.15) is 49.9 Å². The predicted molar refractivity (Wildman–Crippen MR) is 375 cm³/mol. The fourth-order valence-electron chi connectivity index (χ4n) is 15.9. The summed E-state index contributed by atoms with van der Waals surface area (Å²) in [5, 5.41) is 9.47. The minimum absolute atomic E-state index is 0.179. The molecule has 0 amide bonds. The molecule has 4 aromatic heterocycles. The Kier molecular flexibility index (Phi) is 10.4. The maximum absolute atomic E-state index is 6.14. The number of rotatable bonds is 6. The van der Waals surface area contributed by atoms with Crippen LogP contribution in [0, 0.1) is 0 Å². The molecule has 0 spiro atoms. The normalized spacial score (nSPS) is 13.8. The molecule has 418 valence electrons. The summed E-state index contributed by atoms with van der Waals surface area (Å²) in [6, 6.07) is 99.0. The fraction of sp³-hybridized carbons (Fsp3) is 0.0714. The molecule has 0 N–H and O–H groups in total. The molecular formula is C84H56N4S. The van der Waals surface area contributed by atoms with Crippen LogP contribution in [0.25, 0.3) is 164 Å². The van der Waals surface area contributed by atoms with Crippen molar-refractivity contribution in [1.82, 2.24) is 19.1 Å². The van der Waals surface area contributed by atoms with Gasteiger partial charge in [0.2, 0.25) is 0 Å². The third kappa shape index (κ3) is 7.05. The highest BCUT2D eigenvalue weighted by Gasteiger charge is 2.40. The number of nitrogens with zero attached hydrogens (tertiary/aromatic N) is 4. The summed E-state index contributed by atoms with van der Waals surface area (Å²) in [7, 11) is 0. The van der Waals surface area contributed by atoms with Crippen molar-refractivity contribution in [2.45, 2.75) is 38.5 Å². The SMILES string of the molecule is CC1(C)c2ccccc2-c2c(-c3sc(-c4cccc5c4-c4ccccc4C5(C)C)c4nc5c6cc(-c7ccc(-n8c9ccccc9c9ccccc98)cc7)ccc6c6ccc(-c7ccc(-n8c9ccccc9c9ccccc98)cc7)cc6c5nc34)cccc21. The van der Waals surface area contributed by atoms with Gasteiger partial charge in [0.05, 0.1) is 42.9 Å². The topological polar surface area (TPSA) is 35.6 Å². The molecule has 0 aliphatic heterocycles. The summed E-state index contributed by atoms with van der Waals surface area (Å²) in [4.78, 5) is 14.6.